The van der Waals surface area contributed by atoms with Crippen molar-refractivity contribution in [1.29, 1.82) is 0 Å². The zero-order valence-electron chi connectivity index (χ0n) is 6.63. The van der Waals surface area contributed by atoms with Crippen LogP contribution < -0.4 is 0 Å². The molecule has 0 bridgehead atoms. The molecule has 1 aromatic rings. The van der Waals surface area contributed by atoms with Crippen molar-refractivity contribution in [3.63, 3.8) is 0 Å². The monoisotopic (exact) mass is 170 g/mol. The molecule has 1 N–H and O–H groups in total. The van der Waals surface area contributed by atoms with E-state index in [1.54, 1.807) is 13.0 Å². The Balaban J connectivity index is 3.05. The molecule has 60 valence electrons. The van der Waals surface area contributed by atoms with Gasteiger partial charge in [0.1, 0.15) is 0 Å². The summed E-state index contributed by atoms with van der Waals surface area (Å²) in [5.74, 6) is 0. The summed E-state index contributed by atoms with van der Waals surface area (Å²) >= 11 is 5.85. The van der Waals surface area contributed by atoms with Crippen LogP contribution in [0.5, 0.6) is 0 Å². The highest BCUT2D eigenvalue weighted by molar-refractivity contribution is 6.31. The van der Waals surface area contributed by atoms with E-state index in [1.165, 1.54) is 0 Å². The van der Waals surface area contributed by atoms with E-state index < -0.39 is 6.10 Å². The van der Waals surface area contributed by atoms with Crippen molar-refractivity contribution in [2.75, 3.05) is 0 Å². The first-order valence-electron chi connectivity index (χ1n) is 3.55. The molecule has 11 heavy (non-hydrogen) atoms. The summed E-state index contributed by atoms with van der Waals surface area (Å²) in [5.41, 5.74) is 1.90. The Kier molecular flexibility index (Phi) is 2.53. The minimum Gasteiger partial charge on any atom is -0.389 e. The van der Waals surface area contributed by atoms with E-state index in [0.717, 1.165) is 11.1 Å². The van der Waals surface area contributed by atoms with Gasteiger partial charge in [0.2, 0.25) is 0 Å². The average molecular weight is 171 g/mol. The van der Waals surface area contributed by atoms with E-state index in [9.17, 15) is 5.11 Å². The summed E-state index contributed by atoms with van der Waals surface area (Å²) in [4.78, 5) is 0. The zero-order valence-corrected chi connectivity index (χ0v) is 7.39. The molecule has 0 radical (unpaired) electrons. The number of aliphatic hydroxyl groups excluding tert-OH is 1. The van der Waals surface area contributed by atoms with Gasteiger partial charge < -0.3 is 5.11 Å². The van der Waals surface area contributed by atoms with Crippen LogP contribution in [-0.4, -0.2) is 5.11 Å². The Labute approximate surface area is 71.6 Å². The molecule has 1 nitrogen and oxygen atoms in total. The van der Waals surface area contributed by atoms with Crippen molar-refractivity contribution in [2.45, 2.75) is 20.0 Å². The molecule has 0 heterocycles. The van der Waals surface area contributed by atoms with Crippen LogP contribution in [-0.2, 0) is 0 Å². The lowest BCUT2D eigenvalue weighted by atomic mass is 10.1. The fourth-order valence-electron chi connectivity index (χ4n) is 0.869. The maximum absolute atomic E-state index is 9.18. The van der Waals surface area contributed by atoms with Crippen LogP contribution in [0.3, 0.4) is 0 Å². The van der Waals surface area contributed by atoms with Gasteiger partial charge in [-0.25, -0.2) is 0 Å². The second kappa shape index (κ2) is 3.24. The fraction of sp³-hybridized carbons (Fsp3) is 0.333. The number of rotatable bonds is 1. The van der Waals surface area contributed by atoms with Crippen molar-refractivity contribution in [3.05, 3.63) is 34.3 Å². The van der Waals surface area contributed by atoms with Gasteiger partial charge in [0.05, 0.1) is 6.10 Å². The summed E-state index contributed by atoms with van der Waals surface area (Å²) in [7, 11) is 0. The number of hydrogen-bond acceptors (Lipinski definition) is 1. The van der Waals surface area contributed by atoms with E-state index in [1.807, 2.05) is 19.1 Å². The Bertz CT molecular complexity index is 256. The van der Waals surface area contributed by atoms with Crippen LogP contribution in [0, 0.1) is 6.92 Å². The van der Waals surface area contributed by atoms with E-state index in [0.29, 0.717) is 5.02 Å². The third kappa shape index (κ3) is 1.95. The minimum absolute atomic E-state index is 0.437. The summed E-state index contributed by atoms with van der Waals surface area (Å²) in [5, 5.41) is 9.89. The van der Waals surface area contributed by atoms with Gasteiger partial charge in [-0.3, -0.25) is 0 Å². The second-order valence-electron chi connectivity index (χ2n) is 2.68. The van der Waals surface area contributed by atoms with Crippen molar-refractivity contribution in [2.24, 2.45) is 0 Å². The first kappa shape index (κ1) is 8.57. The molecule has 1 aromatic carbocycles. The summed E-state index contributed by atoms with van der Waals surface area (Å²) in [6.07, 6.45) is -0.437. The Morgan fingerprint density at radius 1 is 1.45 bits per heavy atom. The van der Waals surface area contributed by atoms with Gasteiger partial charge in [0.15, 0.2) is 0 Å². The van der Waals surface area contributed by atoms with Gasteiger partial charge in [-0.1, -0.05) is 23.7 Å². The topological polar surface area (TPSA) is 20.2 Å². The number of halogens is 1. The van der Waals surface area contributed by atoms with Crippen LogP contribution in [0.2, 0.25) is 5.02 Å². The second-order valence-corrected chi connectivity index (χ2v) is 3.09. The molecular weight excluding hydrogens is 160 g/mol. The number of aliphatic hydroxyl groups is 1. The molecule has 0 saturated carbocycles. The minimum atomic E-state index is -0.437. The Morgan fingerprint density at radius 3 is 2.55 bits per heavy atom. The molecule has 1 atom stereocenters. The molecule has 0 aliphatic carbocycles. The highest BCUT2D eigenvalue weighted by atomic mass is 35.5. The standard InChI is InChI=1S/C9H11ClO/c1-6-3-4-8(7(2)11)5-9(6)10/h3-5,7,11H,1-2H3/t7-/m0/s1. The maximum atomic E-state index is 9.18. The smallest absolute Gasteiger partial charge is 0.0762 e. The van der Waals surface area contributed by atoms with Gasteiger partial charge in [-0.15, -0.1) is 0 Å². The van der Waals surface area contributed by atoms with Crippen LogP contribution in [0.4, 0.5) is 0 Å². The summed E-state index contributed by atoms with van der Waals surface area (Å²) in [6.45, 7) is 3.66. The van der Waals surface area contributed by atoms with Gasteiger partial charge in [0.25, 0.3) is 0 Å². The van der Waals surface area contributed by atoms with Crippen molar-refractivity contribution in [1.82, 2.24) is 0 Å². The van der Waals surface area contributed by atoms with E-state index >= 15 is 0 Å². The lowest BCUT2D eigenvalue weighted by Crippen LogP contribution is -1.90. The van der Waals surface area contributed by atoms with Crippen molar-refractivity contribution < 1.29 is 5.11 Å². The van der Waals surface area contributed by atoms with E-state index in [4.69, 9.17) is 11.6 Å². The predicted molar refractivity (Wildman–Crippen MR) is 46.8 cm³/mol. The quantitative estimate of drug-likeness (QED) is 0.687. The van der Waals surface area contributed by atoms with E-state index in [-0.39, 0.29) is 0 Å². The Morgan fingerprint density at radius 2 is 2.09 bits per heavy atom. The van der Waals surface area contributed by atoms with Crippen molar-refractivity contribution in [3.8, 4) is 0 Å². The molecule has 0 aromatic heterocycles. The lowest BCUT2D eigenvalue weighted by molar-refractivity contribution is 0.199. The maximum Gasteiger partial charge on any atom is 0.0762 e. The van der Waals surface area contributed by atoms with Crippen LogP contribution in [0.15, 0.2) is 18.2 Å². The average Bonchev–Trinajstić information content (AvgIpc) is 1.94. The number of hydrogen-bond donors (Lipinski definition) is 1. The highest BCUT2D eigenvalue weighted by Crippen LogP contribution is 2.20. The molecule has 0 unspecified atom stereocenters. The largest absolute Gasteiger partial charge is 0.389 e. The zero-order chi connectivity index (χ0) is 8.43. The predicted octanol–water partition coefficient (Wildman–Crippen LogP) is 2.70. The Hall–Kier alpha value is -0.530. The van der Waals surface area contributed by atoms with Crippen LogP contribution >= 0.6 is 11.6 Å². The fourth-order valence-corrected chi connectivity index (χ4v) is 1.06. The van der Waals surface area contributed by atoms with Gasteiger partial charge in [0, 0.05) is 5.02 Å². The van der Waals surface area contributed by atoms with Crippen molar-refractivity contribution >= 4 is 11.6 Å². The van der Waals surface area contributed by atoms with Gasteiger partial charge in [-0.05, 0) is 31.0 Å². The van der Waals surface area contributed by atoms with E-state index in [2.05, 4.69) is 0 Å². The molecule has 0 amide bonds. The molecule has 2 heteroatoms. The first-order chi connectivity index (χ1) is 5.11. The van der Waals surface area contributed by atoms with Crippen LogP contribution in [0.25, 0.3) is 0 Å². The molecular formula is C9H11ClO. The molecule has 0 saturated heterocycles. The first-order valence-corrected chi connectivity index (χ1v) is 3.93. The molecule has 0 fully saturated rings. The highest BCUT2D eigenvalue weighted by Gasteiger charge is 2.01. The van der Waals surface area contributed by atoms with Gasteiger partial charge >= 0.3 is 0 Å². The summed E-state index contributed by atoms with van der Waals surface area (Å²) in [6, 6.07) is 5.58. The van der Waals surface area contributed by atoms with Crippen LogP contribution in [0.1, 0.15) is 24.2 Å². The summed E-state index contributed by atoms with van der Waals surface area (Å²) < 4.78 is 0. The number of benzene rings is 1. The number of aryl methyl sites for hydroxylation is 1. The third-order valence-corrected chi connectivity index (χ3v) is 2.09. The molecule has 0 aliphatic rings. The van der Waals surface area contributed by atoms with Gasteiger partial charge in [-0.2, -0.15) is 0 Å². The lowest BCUT2D eigenvalue weighted by Gasteiger charge is -2.05. The molecule has 0 aliphatic heterocycles. The molecule has 1 rings (SSSR count). The molecule has 0 spiro atoms. The normalized spacial score (nSPS) is 13.1. The SMILES string of the molecule is Cc1ccc([C@H](C)O)cc1Cl. The third-order valence-electron chi connectivity index (χ3n) is 1.68.